The van der Waals surface area contributed by atoms with Gasteiger partial charge in [-0.25, -0.2) is 17.7 Å². The molecule has 4 aromatic rings. The highest BCUT2D eigenvalue weighted by Crippen LogP contribution is 2.53. The second-order valence-electron chi connectivity index (χ2n) is 14.3. The summed E-state index contributed by atoms with van der Waals surface area (Å²) in [6.07, 6.45) is 13.4. The average Bonchev–Trinajstić information content (AvgIpc) is 3.70. The Balaban J connectivity index is 0.866. The Labute approximate surface area is 275 Å². The third-order valence-electron chi connectivity index (χ3n) is 11.0. The first-order valence-electron chi connectivity index (χ1n) is 17.0. The molecule has 0 bridgehead atoms. The van der Waals surface area contributed by atoms with Crippen LogP contribution < -0.4 is 20.7 Å². The number of aromatic nitrogens is 6. The number of ether oxygens (including phenoxy) is 1. The summed E-state index contributed by atoms with van der Waals surface area (Å²) < 4.78 is 36.9. The van der Waals surface area contributed by atoms with E-state index in [-0.39, 0.29) is 29.7 Å². The fourth-order valence-electron chi connectivity index (χ4n) is 8.01. The van der Waals surface area contributed by atoms with Gasteiger partial charge >= 0.3 is 0 Å². The minimum Gasteiger partial charge on any atom is -0.484 e. The lowest BCUT2D eigenvalue weighted by molar-refractivity contribution is 0.0391. The Morgan fingerprint density at radius 2 is 1.89 bits per heavy atom. The average molecular weight is 661 g/mol. The minimum absolute atomic E-state index is 0.0504. The van der Waals surface area contributed by atoms with Gasteiger partial charge in [0.25, 0.3) is 0 Å². The number of piperidine rings is 2. The van der Waals surface area contributed by atoms with E-state index in [1.165, 1.54) is 5.69 Å². The van der Waals surface area contributed by atoms with E-state index in [1.807, 2.05) is 12.1 Å². The molecule has 1 spiro atoms. The smallest absolute Gasteiger partial charge is 0.243 e. The van der Waals surface area contributed by atoms with Crippen LogP contribution >= 0.6 is 0 Å². The molecule has 5 heterocycles. The van der Waals surface area contributed by atoms with Crippen LogP contribution in [0.2, 0.25) is 0 Å². The predicted molar refractivity (Wildman–Crippen MR) is 181 cm³/mol. The highest BCUT2D eigenvalue weighted by atomic mass is 32.2. The van der Waals surface area contributed by atoms with Crippen LogP contribution in [0.1, 0.15) is 58.3 Å². The maximum absolute atomic E-state index is 13.6. The Morgan fingerprint density at radius 1 is 1.11 bits per heavy atom. The molecule has 4 fully saturated rings. The minimum atomic E-state index is -3.33. The number of fused-ring (bicyclic) bond motifs is 1. The fourth-order valence-corrected chi connectivity index (χ4v) is 9.89. The lowest BCUT2D eigenvalue weighted by Crippen LogP contribution is -2.52. The summed E-state index contributed by atoms with van der Waals surface area (Å²) in [6.45, 7) is 5.11. The van der Waals surface area contributed by atoms with E-state index < -0.39 is 10.0 Å². The number of nitrogens with one attached hydrogen (secondary N) is 2. The van der Waals surface area contributed by atoms with Gasteiger partial charge in [-0.1, -0.05) is 6.92 Å². The number of rotatable bonds is 9. The van der Waals surface area contributed by atoms with Crippen molar-refractivity contribution in [2.45, 2.75) is 70.4 Å². The number of aromatic amines is 1. The van der Waals surface area contributed by atoms with Gasteiger partial charge in [-0.15, -0.1) is 5.10 Å². The molecule has 0 radical (unpaired) electrons. The molecule has 3 aromatic heterocycles. The number of H-pyrrole nitrogens is 1. The molecule has 2 saturated carbocycles. The standard InChI is InChI=1S/C33H44N10O3S/c1-22-19-42(47(44,45)20-23-15-33(16-23)10-13-41(14-11-33)26-7-5-25(34)6-8-26)12-9-28(22)38-32-39-31-30(46-27-3-2-4-27)29(24-17-36-37-18-24)35-21-43(31)40-32/h5-8,17-18,21-23,27-28H,2-4,9-16,19-20,34H2,1H3,(H,36,37)(H,38,40)/t22-,28+/m1/s1. The molecule has 2 aliphatic carbocycles. The second-order valence-corrected chi connectivity index (χ2v) is 16.3. The van der Waals surface area contributed by atoms with Crippen molar-refractivity contribution in [2.24, 2.45) is 17.3 Å². The fraction of sp³-hybridized carbons (Fsp3) is 0.576. The molecule has 0 unspecified atom stereocenters. The molecule has 4 aliphatic rings. The van der Waals surface area contributed by atoms with E-state index in [0.717, 1.165) is 69.3 Å². The molecule has 2 saturated heterocycles. The van der Waals surface area contributed by atoms with Crippen molar-refractivity contribution in [1.82, 2.24) is 34.1 Å². The summed E-state index contributed by atoms with van der Waals surface area (Å²) in [7, 11) is -3.33. The van der Waals surface area contributed by atoms with Crippen molar-refractivity contribution in [2.75, 3.05) is 47.9 Å². The van der Waals surface area contributed by atoms with Crippen LogP contribution in [0.5, 0.6) is 5.75 Å². The van der Waals surface area contributed by atoms with Crippen molar-refractivity contribution in [3.05, 3.63) is 43.0 Å². The van der Waals surface area contributed by atoms with Crippen LogP contribution in [-0.2, 0) is 10.0 Å². The zero-order valence-electron chi connectivity index (χ0n) is 26.9. The molecular formula is C33H44N10O3S. The largest absolute Gasteiger partial charge is 0.484 e. The van der Waals surface area contributed by atoms with Crippen LogP contribution in [0.3, 0.4) is 0 Å². The van der Waals surface area contributed by atoms with Crippen LogP contribution in [-0.4, -0.2) is 86.6 Å². The molecule has 0 amide bonds. The topological polar surface area (TPSA) is 160 Å². The summed E-state index contributed by atoms with van der Waals surface area (Å²) in [5, 5.41) is 15.1. The maximum atomic E-state index is 13.6. The number of hydrogen-bond donors (Lipinski definition) is 3. The summed E-state index contributed by atoms with van der Waals surface area (Å²) in [5.41, 5.74) is 10.3. The molecule has 250 valence electrons. The van der Waals surface area contributed by atoms with Gasteiger partial charge in [0.2, 0.25) is 21.6 Å². The van der Waals surface area contributed by atoms with Crippen molar-refractivity contribution in [3.63, 3.8) is 0 Å². The maximum Gasteiger partial charge on any atom is 0.243 e. The molecule has 47 heavy (non-hydrogen) atoms. The van der Waals surface area contributed by atoms with Crippen molar-refractivity contribution in [1.29, 1.82) is 0 Å². The van der Waals surface area contributed by atoms with Gasteiger partial charge in [0.1, 0.15) is 12.0 Å². The number of nitrogens with zero attached hydrogens (tertiary/aromatic N) is 7. The van der Waals surface area contributed by atoms with Crippen molar-refractivity contribution < 1.29 is 13.2 Å². The number of benzene rings is 1. The summed E-state index contributed by atoms with van der Waals surface area (Å²) >= 11 is 0. The zero-order chi connectivity index (χ0) is 32.2. The molecule has 4 N–H and O–H groups in total. The number of hydrogen-bond acceptors (Lipinski definition) is 10. The van der Waals surface area contributed by atoms with Gasteiger partial charge < -0.3 is 20.7 Å². The van der Waals surface area contributed by atoms with Crippen LogP contribution in [0.25, 0.3) is 16.9 Å². The number of sulfonamides is 1. The Bertz CT molecular complexity index is 1810. The first-order valence-corrected chi connectivity index (χ1v) is 18.6. The quantitative estimate of drug-likeness (QED) is 0.222. The zero-order valence-corrected chi connectivity index (χ0v) is 27.7. The number of nitrogen functional groups attached to an aromatic ring is 1. The molecule has 8 rings (SSSR count). The van der Waals surface area contributed by atoms with E-state index in [2.05, 4.69) is 49.6 Å². The van der Waals surface area contributed by atoms with Crippen LogP contribution in [0, 0.1) is 17.3 Å². The Kier molecular flexibility index (Phi) is 7.74. The lowest BCUT2D eigenvalue weighted by Gasteiger charge is -2.53. The van der Waals surface area contributed by atoms with Crippen molar-refractivity contribution >= 4 is 33.0 Å². The van der Waals surface area contributed by atoms with E-state index in [4.69, 9.17) is 15.5 Å². The lowest BCUT2D eigenvalue weighted by atomic mass is 9.58. The normalized spacial score (nSPS) is 23.9. The summed E-state index contributed by atoms with van der Waals surface area (Å²) in [5.74, 6) is 1.70. The number of nitrogens with two attached hydrogens (primary N) is 1. The van der Waals surface area contributed by atoms with Gasteiger partial charge in [0, 0.05) is 55.4 Å². The molecule has 1 aromatic carbocycles. The van der Waals surface area contributed by atoms with E-state index in [1.54, 1.807) is 27.5 Å². The molecule has 13 nitrogen and oxygen atoms in total. The second kappa shape index (κ2) is 12.0. The van der Waals surface area contributed by atoms with Gasteiger partial charge in [-0.05, 0) is 92.9 Å². The van der Waals surface area contributed by atoms with E-state index >= 15 is 0 Å². The SMILES string of the molecule is C[C@@H]1CN(S(=O)(=O)CC2CC3(CCN(c4ccc(N)cc4)CC3)C2)CC[C@@H]1Nc1nc2c(OC3CCC3)c(-c3cn[nH]c3)ncn2n1. The Hall–Kier alpha value is -3.91. The van der Waals surface area contributed by atoms with Crippen molar-refractivity contribution in [3.8, 4) is 17.0 Å². The Morgan fingerprint density at radius 3 is 2.57 bits per heavy atom. The highest BCUT2D eigenvalue weighted by molar-refractivity contribution is 7.89. The summed E-state index contributed by atoms with van der Waals surface area (Å²) in [6, 6.07) is 8.15. The van der Waals surface area contributed by atoms with Gasteiger partial charge in [0.05, 0.1) is 18.1 Å². The number of anilines is 3. The highest BCUT2D eigenvalue weighted by Gasteiger charge is 2.48. The molecular weight excluding hydrogens is 616 g/mol. The van der Waals surface area contributed by atoms with Crippen LogP contribution in [0.4, 0.5) is 17.3 Å². The summed E-state index contributed by atoms with van der Waals surface area (Å²) in [4.78, 5) is 11.9. The first kappa shape index (κ1) is 30.4. The molecule has 14 heteroatoms. The van der Waals surface area contributed by atoms with Gasteiger partial charge in [-0.2, -0.15) is 14.6 Å². The van der Waals surface area contributed by atoms with E-state index in [0.29, 0.717) is 48.0 Å². The third kappa shape index (κ3) is 6.01. The molecule has 2 atom stereocenters. The van der Waals surface area contributed by atoms with E-state index in [9.17, 15) is 8.42 Å². The molecule has 2 aliphatic heterocycles. The van der Waals surface area contributed by atoms with Gasteiger partial charge in [0.15, 0.2) is 5.75 Å². The van der Waals surface area contributed by atoms with Gasteiger partial charge in [-0.3, -0.25) is 5.10 Å². The monoisotopic (exact) mass is 660 g/mol. The first-order chi connectivity index (χ1) is 22.7. The van der Waals surface area contributed by atoms with Crippen LogP contribution in [0.15, 0.2) is 43.0 Å². The third-order valence-corrected chi connectivity index (χ3v) is 13.0. The predicted octanol–water partition coefficient (Wildman–Crippen LogP) is 4.18.